The van der Waals surface area contributed by atoms with Crippen LogP contribution in [0.2, 0.25) is 0 Å². The molecule has 2 aromatic rings. The van der Waals surface area contributed by atoms with Crippen LogP contribution in [0.25, 0.3) is 0 Å². The van der Waals surface area contributed by atoms with Crippen LogP contribution in [0.3, 0.4) is 0 Å². The van der Waals surface area contributed by atoms with Crippen molar-refractivity contribution in [3.05, 3.63) is 58.1 Å². The minimum absolute atomic E-state index is 0.0244. The maximum atomic E-state index is 13.0. The fraction of sp³-hybridized carbons (Fsp3) is 0.435. The summed E-state index contributed by atoms with van der Waals surface area (Å²) < 4.78 is 27.6. The summed E-state index contributed by atoms with van der Waals surface area (Å²) in [4.78, 5) is 13.2. The number of nitrogens with one attached hydrogen (secondary N) is 1. The van der Waals surface area contributed by atoms with E-state index in [9.17, 15) is 13.2 Å². The highest BCUT2D eigenvalue weighted by Gasteiger charge is 2.33. The van der Waals surface area contributed by atoms with Crippen molar-refractivity contribution < 1.29 is 13.2 Å². The van der Waals surface area contributed by atoms with Crippen molar-refractivity contribution in [1.29, 1.82) is 0 Å². The van der Waals surface area contributed by atoms with Crippen LogP contribution in [0.4, 0.5) is 5.69 Å². The fourth-order valence-corrected chi connectivity index (χ4v) is 5.86. The van der Waals surface area contributed by atoms with E-state index in [1.807, 2.05) is 46.8 Å². The highest BCUT2D eigenvalue weighted by atomic mass is 32.2. The highest BCUT2D eigenvalue weighted by molar-refractivity contribution is 7.89. The first-order valence-electron chi connectivity index (χ1n) is 10.1. The lowest BCUT2D eigenvalue weighted by molar-refractivity contribution is -0.120. The van der Waals surface area contributed by atoms with Crippen molar-refractivity contribution in [2.45, 2.75) is 52.4 Å². The van der Waals surface area contributed by atoms with E-state index in [0.29, 0.717) is 30.8 Å². The number of sulfonamides is 1. The lowest BCUT2D eigenvalue weighted by Gasteiger charge is -2.31. The molecule has 156 valence electrons. The zero-order chi connectivity index (χ0) is 21.3. The van der Waals surface area contributed by atoms with Gasteiger partial charge in [-0.25, -0.2) is 8.42 Å². The first-order chi connectivity index (χ1) is 13.6. The molecule has 0 radical (unpaired) electrons. The van der Waals surface area contributed by atoms with Crippen molar-refractivity contribution in [2.24, 2.45) is 5.92 Å². The second kappa shape index (κ2) is 8.28. The Labute approximate surface area is 174 Å². The molecule has 3 rings (SSSR count). The van der Waals surface area contributed by atoms with Gasteiger partial charge in [0.15, 0.2) is 0 Å². The summed E-state index contributed by atoms with van der Waals surface area (Å²) in [6, 6.07) is 9.51. The molecule has 1 amide bonds. The molecule has 1 heterocycles. The second-order valence-corrected chi connectivity index (χ2v) is 10.1. The number of rotatable bonds is 4. The molecule has 0 unspecified atom stereocenters. The van der Waals surface area contributed by atoms with Gasteiger partial charge in [0.1, 0.15) is 0 Å². The van der Waals surface area contributed by atoms with Gasteiger partial charge in [0, 0.05) is 24.7 Å². The van der Waals surface area contributed by atoms with E-state index in [-0.39, 0.29) is 11.8 Å². The molecule has 1 saturated heterocycles. The first-order valence-corrected chi connectivity index (χ1v) is 11.5. The molecule has 0 bridgehead atoms. The average Bonchev–Trinajstić information content (AvgIpc) is 2.64. The largest absolute Gasteiger partial charge is 0.325 e. The topological polar surface area (TPSA) is 66.5 Å². The Kier molecular flexibility index (Phi) is 6.15. The zero-order valence-corrected chi connectivity index (χ0v) is 18.7. The number of aryl methyl sites for hydroxylation is 5. The SMILES string of the molecule is Cc1ccc(S(=O)(=O)N2CCC(C(=O)Nc3c(C)cc(C)cc3C)CC2)c(C)c1. The molecular formula is C23H30N2O3S. The van der Waals surface area contributed by atoms with E-state index in [4.69, 9.17) is 0 Å². The summed E-state index contributed by atoms with van der Waals surface area (Å²) in [5.41, 5.74) is 5.93. The van der Waals surface area contributed by atoms with Gasteiger partial charge >= 0.3 is 0 Å². The Morgan fingerprint density at radius 2 is 1.45 bits per heavy atom. The van der Waals surface area contributed by atoms with E-state index in [1.54, 1.807) is 6.07 Å². The number of hydrogen-bond donors (Lipinski definition) is 1. The van der Waals surface area contributed by atoms with Gasteiger partial charge in [-0.3, -0.25) is 4.79 Å². The van der Waals surface area contributed by atoms with Gasteiger partial charge in [-0.05, 0) is 70.2 Å². The standard InChI is InChI=1S/C23H30N2O3S/c1-15-6-7-21(17(3)12-15)29(27,28)25-10-8-20(9-11-25)23(26)24-22-18(4)13-16(2)14-19(22)5/h6-7,12-14,20H,8-11H2,1-5H3,(H,24,26). The van der Waals surface area contributed by atoms with Crippen LogP contribution >= 0.6 is 0 Å². The van der Waals surface area contributed by atoms with Crippen LogP contribution in [-0.2, 0) is 14.8 Å². The van der Waals surface area contributed by atoms with Crippen molar-refractivity contribution in [1.82, 2.24) is 4.31 Å². The molecule has 1 fully saturated rings. The number of nitrogens with zero attached hydrogens (tertiary/aromatic N) is 1. The minimum Gasteiger partial charge on any atom is -0.325 e. The van der Waals surface area contributed by atoms with Crippen LogP contribution in [0.1, 0.15) is 40.7 Å². The quantitative estimate of drug-likeness (QED) is 0.812. The van der Waals surface area contributed by atoms with E-state index in [2.05, 4.69) is 17.4 Å². The van der Waals surface area contributed by atoms with Crippen molar-refractivity contribution in [3.63, 3.8) is 0 Å². The summed E-state index contributed by atoms with van der Waals surface area (Å²) in [6.45, 7) is 10.5. The third-order valence-corrected chi connectivity index (χ3v) is 7.76. The van der Waals surface area contributed by atoms with Crippen LogP contribution < -0.4 is 5.32 Å². The highest BCUT2D eigenvalue weighted by Crippen LogP contribution is 2.28. The number of carbonyl (C=O) groups is 1. The monoisotopic (exact) mass is 414 g/mol. The Bertz CT molecular complexity index is 1010. The van der Waals surface area contributed by atoms with Gasteiger partial charge in [-0.15, -0.1) is 0 Å². The lowest BCUT2D eigenvalue weighted by Crippen LogP contribution is -2.41. The van der Waals surface area contributed by atoms with Crippen LogP contribution in [0.5, 0.6) is 0 Å². The van der Waals surface area contributed by atoms with Gasteiger partial charge in [0.2, 0.25) is 15.9 Å². The van der Waals surface area contributed by atoms with Gasteiger partial charge < -0.3 is 5.32 Å². The van der Waals surface area contributed by atoms with Gasteiger partial charge in [0.25, 0.3) is 0 Å². The van der Waals surface area contributed by atoms with Crippen molar-refractivity contribution in [3.8, 4) is 0 Å². The summed E-state index contributed by atoms with van der Waals surface area (Å²) in [7, 11) is -3.53. The molecule has 0 aliphatic carbocycles. The molecule has 6 heteroatoms. The Balaban J connectivity index is 1.68. The molecule has 0 saturated carbocycles. The Morgan fingerprint density at radius 3 is 2.00 bits per heavy atom. The number of hydrogen-bond acceptors (Lipinski definition) is 3. The smallest absolute Gasteiger partial charge is 0.243 e. The molecule has 2 aromatic carbocycles. The fourth-order valence-electron chi connectivity index (χ4n) is 4.19. The summed E-state index contributed by atoms with van der Waals surface area (Å²) in [5.74, 6) is -0.204. The van der Waals surface area contributed by atoms with Crippen molar-refractivity contribution >= 4 is 21.6 Å². The Hall–Kier alpha value is -2.18. The number of carbonyl (C=O) groups excluding carboxylic acids is 1. The summed E-state index contributed by atoms with van der Waals surface area (Å²) in [6.07, 6.45) is 1.06. The predicted octanol–water partition coefficient (Wildman–Crippen LogP) is 4.27. The minimum atomic E-state index is -3.53. The maximum absolute atomic E-state index is 13.0. The van der Waals surface area contributed by atoms with Crippen molar-refractivity contribution in [2.75, 3.05) is 18.4 Å². The van der Waals surface area contributed by atoms with E-state index in [1.165, 1.54) is 9.87 Å². The second-order valence-electron chi connectivity index (χ2n) is 8.21. The maximum Gasteiger partial charge on any atom is 0.243 e. The first kappa shape index (κ1) is 21.5. The molecule has 1 N–H and O–H groups in total. The normalized spacial score (nSPS) is 16.0. The molecule has 29 heavy (non-hydrogen) atoms. The van der Waals surface area contributed by atoms with E-state index in [0.717, 1.165) is 27.9 Å². The number of amides is 1. The molecule has 0 atom stereocenters. The predicted molar refractivity (Wildman–Crippen MR) is 117 cm³/mol. The van der Waals surface area contributed by atoms with Crippen LogP contribution in [-0.4, -0.2) is 31.7 Å². The Morgan fingerprint density at radius 1 is 0.897 bits per heavy atom. The van der Waals surface area contributed by atoms with Gasteiger partial charge in [-0.1, -0.05) is 35.4 Å². The van der Waals surface area contributed by atoms with Gasteiger partial charge in [0.05, 0.1) is 4.90 Å². The van der Waals surface area contributed by atoms with Gasteiger partial charge in [-0.2, -0.15) is 4.31 Å². The molecule has 5 nitrogen and oxygen atoms in total. The molecule has 1 aliphatic heterocycles. The van der Waals surface area contributed by atoms with E-state index >= 15 is 0 Å². The van der Waals surface area contributed by atoms with Crippen LogP contribution in [0, 0.1) is 40.5 Å². The third kappa shape index (κ3) is 4.54. The average molecular weight is 415 g/mol. The number of anilines is 1. The number of piperidine rings is 1. The summed E-state index contributed by atoms with van der Waals surface area (Å²) in [5, 5.41) is 3.07. The number of benzene rings is 2. The zero-order valence-electron chi connectivity index (χ0n) is 17.9. The van der Waals surface area contributed by atoms with Crippen LogP contribution in [0.15, 0.2) is 35.2 Å². The molecule has 0 spiro atoms. The third-order valence-electron chi connectivity index (χ3n) is 5.70. The lowest BCUT2D eigenvalue weighted by atomic mass is 9.96. The molecule has 0 aromatic heterocycles. The summed E-state index contributed by atoms with van der Waals surface area (Å²) >= 11 is 0. The molecule has 1 aliphatic rings. The molecular weight excluding hydrogens is 384 g/mol. The van der Waals surface area contributed by atoms with E-state index < -0.39 is 10.0 Å².